The van der Waals surface area contributed by atoms with Crippen molar-refractivity contribution in [2.45, 2.75) is 70.2 Å². The van der Waals surface area contributed by atoms with Crippen LogP contribution in [0.15, 0.2) is 47.4 Å². The first kappa shape index (κ1) is 22.5. The normalized spacial score (nSPS) is 15.3. The molecule has 1 N–H and O–H groups in total. The minimum atomic E-state index is -3.76. The number of nitrogens with one attached hydrogen (secondary N) is 1. The number of amides is 1. The van der Waals surface area contributed by atoms with Gasteiger partial charge in [0.2, 0.25) is 15.9 Å². The Balaban J connectivity index is 1.88. The molecule has 1 fully saturated rings. The van der Waals surface area contributed by atoms with E-state index in [0.717, 1.165) is 60.9 Å². The maximum Gasteiger partial charge on any atom is 0.243 e. The average Bonchev–Trinajstić information content (AvgIpc) is 2.74. The number of carbonyl (C=O) groups excluding carboxylic acids is 1. The second kappa shape index (κ2) is 9.75. The second-order valence-electron chi connectivity index (χ2n) is 8.17. The van der Waals surface area contributed by atoms with Crippen LogP contribution in [0.3, 0.4) is 0 Å². The topological polar surface area (TPSA) is 66.5 Å². The highest BCUT2D eigenvalue weighted by molar-refractivity contribution is 7.89. The van der Waals surface area contributed by atoms with Gasteiger partial charge in [-0.3, -0.25) is 4.79 Å². The minimum Gasteiger partial charge on any atom is -0.324 e. The summed E-state index contributed by atoms with van der Waals surface area (Å²) < 4.78 is 28.4. The fraction of sp³-hybridized carbons (Fsp3) is 0.458. The van der Waals surface area contributed by atoms with E-state index in [1.165, 1.54) is 4.31 Å². The minimum absolute atomic E-state index is 0.140. The fourth-order valence-corrected chi connectivity index (χ4v) is 5.79. The number of anilines is 1. The Kier molecular flexibility index (Phi) is 7.32. The van der Waals surface area contributed by atoms with Crippen molar-refractivity contribution in [1.29, 1.82) is 0 Å². The number of carbonyl (C=O) groups is 1. The molecule has 1 aliphatic rings. The Hall–Kier alpha value is -2.18. The molecule has 2 aromatic carbocycles. The molecule has 1 amide bonds. The van der Waals surface area contributed by atoms with Crippen LogP contribution in [0.1, 0.15) is 55.7 Å². The monoisotopic (exact) mass is 428 g/mol. The highest BCUT2D eigenvalue weighted by Crippen LogP contribution is 2.28. The predicted octanol–water partition coefficient (Wildman–Crippen LogP) is 4.83. The molecule has 0 spiro atoms. The van der Waals surface area contributed by atoms with Gasteiger partial charge in [-0.15, -0.1) is 0 Å². The molecule has 0 saturated heterocycles. The number of rotatable bonds is 7. The standard InChI is InChI=1S/C24H32N2O3S/c1-4-20-10-8-9-19(3)24(20)25-23(27)17-26(21-11-6-5-7-12-21)30(28,29)22-15-13-18(2)14-16-22/h8-10,13-16,21H,4-7,11-12,17H2,1-3H3,(H,25,27). The highest BCUT2D eigenvalue weighted by atomic mass is 32.2. The molecule has 0 unspecified atom stereocenters. The average molecular weight is 429 g/mol. The largest absolute Gasteiger partial charge is 0.324 e. The molecule has 5 nitrogen and oxygen atoms in total. The molecule has 1 aliphatic carbocycles. The van der Waals surface area contributed by atoms with Crippen LogP contribution in [0.2, 0.25) is 0 Å². The van der Waals surface area contributed by atoms with Crippen molar-refractivity contribution in [3.05, 3.63) is 59.2 Å². The van der Waals surface area contributed by atoms with Gasteiger partial charge in [0.05, 0.1) is 11.4 Å². The first-order valence-corrected chi connectivity index (χ1v) is 12.2. The van der Waals surface area contributed by atoms with Crippen molar-refractivity contribution in [3.63, 3.8) is 0 Å². The molecule has 0 radical (unpaired) electrons. The number of hydrogen-bond acceptors (Lipinski definition) is 3. The third-order valence-corrected chi connectivity index (χ3v) is 7.83. The summed E-state index contributed by atoms with van der Waals surface area (Å²) in [7, 11) is -3.76. The van der Waals surface area contributed by atoms with Gasteiger partial charge in [0.1, 0.15) is 0 Å². The lowest BCUT2D eigenvalue weighted by Crippen LogP contribution is -2.45. The van der Waals surface area contributed by atoms with Crippen LogP contribution < -0.4 is 5.32 Å². The SMILES string of the molecule is CCc1cccc(C)c1NC(=O)CN(C1CCCCC1)S(=O)(=O)c1ccc(C)cc1. The van der Waals surface area contributed by atoms with Gasteiger partial charge < -0.3 is 5.32 Å². The molecule has 0 heterocycles. The maximum atomic E-state index is 13.5. The Morgan fingerprint density at radius 1 is 1.03 bits per heavy atom. The van der Waals surface area contributed by atoms with E-state index < -0.39 is 10.0 Å². The van der Waals surface area contributed by atoms with Gasteiger partial charge in [0.25, 0.3) is 0 Å². The molecule has 0 bridgehead atoms. The molecule has 0 atom stereocenters. The van der Waals surface area contributed by atoms with E-state index in [9.17, 15) is 13.2 Å². The van der Waals surface area contributed by atoms with Crippen LogP contribution in [0, 0.1) is 13.8 Å². The second-order valence-corrected chi connectivity index (χ2v) is 10.1. The lowest BCUT2D eigenvalue weighted by Gasteiger charge is -2.33. The zero-order chi connectivity index (χ0) is 21.7. The van der Waals surface area contributed by atoms with E-state index >= 15 is 0 Å². The van der Waals surface area contributed by atoms with Gasteiger partial charge in [-0.25, -0.2) is 8.42 Å². The highest BCUT2D eigenvalue weighted by Gasteiger charge is 2.34. The van der Waals surface area contributed by atoms with Crippen LogP contribution in [-0.4, -0.2) is 31.2 Å². The fourth-order valence-electron chi connectivity index (χ4n) is 4.15. The van der Waals surface area contributed by atoms with Crippen LogP contribution in [0.5, 0.6) is 0 Å². The summed E-state index contributed by atoms with van der Waals surface area (Å²) in [6.07, 6.45) is 5.48. The number of sulfonamides is 1. The van der Waals surface area contributed by atoms with E-state index in [0.29, 0.717) is 0 Å². The lowest BCUT2D eigenvalue weighted by atomic mass is 9.95. The van der Waals surface area contributed by atoms with Crippen LogP contribution >= 0.6 is 0 Å². The van der Waals surface area contributed by atoms with Gasteiger partial charge in [-0.05, 0) is 56.4 Å². The molecular formula is C24H32N2O3S. The van der Waals surface area contributed by atoms with Crippen LogP contribution in [0.4, 0.5) is 5.69 Å². The molecule has 0 aliphatic heterocycles. The van der Waals surface area contributed by atoms with Crippen molar-refractivity contribution in [2.24, 2.45) is 0 Å². The first-order chi connectivity index (χ1) is 14.3. The molecule has 2 aromatic rings. The molecular weight excluding hydrogens is 396 g/mol. The number of benzene rings is 2. The van der Waals surface area contributed by atoms with Crippen molar-refractivity contribution in [3.8, 4) is 0 Å². The van der Waals surface area contributed by atoms with E-state index in [1.54, 1.807) is 24.3 Å². The van der Waals surface area contributed by atoms with Crippen molar-refractivity contribution < 1.29 is 13.2 Å². The summed E-state index contributed by atoms with van der Waals surface area (Å²) in [4.78, 5) is 13.2. The molecule has 162 valence electrons. The maximum absolute atomic E-state index is 13.5. The quantitative estimate of drug-likeness (QED) is 0.687. The third-order valence-electron chi connectivity index (χ3n) is 5.91. The van der Waals surface area contributed by atoms with Crippen LogP contribution in [0.25, 0.3) is 0 Å². The summed E-state index contributed by atoms with van der Waals surface area (Å²) in [6.45, 7) is 5.76. The molecule has 1 saturated carbocycles. The number of aryl methyl sites for hydroxylation is 3. The van der Waals surface area contributed by atoms with E-state index in [4.69, 9.17) is 0 Å². The zero-order valence-corrected chi connectivity index (χ0v) is 19.0. The van der Waals surface area contributed by atoms with Gasteiger partial charge >= 0.3 is 0 Å². The van der Waals surface area contributed by atoms with Crippen molar-refractivity contribution in [1.82, 2.24) is 4.31 Å². The van der Waals surface area contributed by atoms with Gasteiger partial charge in [-0.1, -0.05) is 62.1 Å². The van der Waals surface area contributed by atoms with Gasteiger partial charge in [0.15, 0.2) is 0 Å². The Morgan fingerprint density at radius 3 is 2.33 bits per heavy atom. The number of para-hydroxylation sites is 1. The van der Waals surface area contributed by atoms with Gasteiger partial charge in [0, 0.05) is 11.7 Å². The lowest BCUT2D eigenvalue weighted by molar-refractivity contribution is -0.116. The summed E-state index contributed by atoms with van der Waals surface area (Å²) in [5.74, 6) is -0.291. The number of hydrogen-bond donors (Lipinski definition) is 1. The molecule has 3 rings (SSSR count). The molecule has 30 heavy (non-hydrogen) atoms. The van der Waals surface area contributed by atoms with Crippen molar-refractivity contribution in [2.75, 3.05) is 11.9 Å². The molecule has 6 heteroatoms. The van der Waals surface area contributed by atoms with E-state index in [1.807, 2.05) is 39.0 Å². The van der Waals surface area contributed by atoms with Gasteiger partial charge in [-0.2, -0.15) is 4.31 Å². The smallest absolute Gasteiger partial charge is 0.243 e. The molecule has 0 aromatic heterocycles. The Morgan fingerprint density at radius 2 is 1.70 bits per heavy atom. The zero-order valence-electron chi connectivity index (χ0n) is 18.1. The summed E-state index contributed by atoms with van der Waals surface area (Å²) in [5, 5.41) is 2.99. The Bertz CT molecular complexity index is 978. The Labute approximate surface area is 180 Å². The van der Waals surface area contributed by atoms with E-state index in [-0.39, 0.29) is 23.4 Å². The van der Waals surface area contributed by atoms with Crippen molar-refractivity contribution >= 4 is 21.6 Å². The summed E-state index contributed by atoms with van der Waals surface area (Å²) in [5.41, 5.74) is 3.83. The summed E-state index contributed by atoms with van der Waals surface area (Å²) in [6, 6.07) is 12.6. The van der Waals surface area contributed by atoms with Crippen LogP contribution in [-0.2, 0) is 21.2 Å². The predicted molar refractivity (Wildman–Crippen MR) is 121 cm³/mol. The first-order valence-electron chi connectivity index (χ1n) is 10.8. The third kappa shape index (κ3) is 5.10. The summed E-state index contributed by atoms with van der Waals surface area (Å²) >= 11 is 0. The number of nitrogens with zero attached hydrogens (tertiary/aromatic N) is 1. The van der Waals surface area contributed by atoms with E-state index in [2.05, 4.69) is 5.32 Å².